The van der Waals surface area contributed by atoms with Crippen LogP contribution in [-0.4, -0.2) is 35.4 Å². The van der Waals surface area contributed by atoms with E-state index in [4.69, 9.17) is 21.4 Å². The lowest BCUT2D eigenvalue weighted by atomic mass is 10.1. The van der Waals surface area contributed by atoms with Gasteiger partial charge < -0.3 is 20.3 Å². The van der Waals surface area contributed by atoms with Crippen LogP contribution in [0.5, 0.6) is 5.75 Å². The summed E-state index contributed by atoms with van der Waals surface area (Å²) < 4.78 is 5.11. The Labute approximate surface area is 152 Å². The number of aliphatic hydroxyl groups is 1. The monoisotopic (exact) mass is 363 g/mol. The summed E-state index contributed by atoms with van der Waals surface area (Å²) in [6, 6.07) is 14.7. The van der Waals surface area contributed by atoms with Crippen molar-refractivity contribution in [1.29, 1.82) is 0 Å². The van der Waals surface area contributed by atoms with Gasteiger partial charge in [-0.05, 0) is 48.7 Å². The van der Waals surface area contributed by atoms with Crippen molar-refractivity contribution >= 4 is 17.6 Å². The minimum Gasteiger partial charge on any atom is -0.482 e. The molecule has 0 fully saturated rings. The van der Waals surface area contributed by atoms with Gasteiger partial charge in [-0.25, -0.2) is 4.79 Å². The number of carboxylic acids is 1. The molecule has 5 nitrogen and oxygen atoms in total. The fraction of sp³-hybridized carbons (Fsp3) is 0.316. The van der Waals surface area contributed by atoms with Crippen LogP contribution in [0, 0.1) is 0 Å². The van der Waals surface area contributed by atoms with E-state index < -0.39 is 12.1 Å². The van der Waals surface area contributed by atoms with E-state index in [1.807, 2.05) is 31.2 Å². The zero-order valence-corrected chi connectivity index (χ0v) is 14.7. The molecule has 3 N–H and O–H groups in total. The Bertz CT molecular complexity index is 690. The van der Waals surface area contributed by atoms with Crippen molar-refractivity contribution in [1.82, 2.24) is 5.32 Å². The van der Waals surface area contributed by atoms with Crippen LogP contribution in [0.25, 0.3) is 0 Å². The molecule has 0 aliphatic heterocycles. The molecule has 0 unspecified atom stereocenters. The Hall–Kier alpha value is -2.08. The number of rotatable bonds is 9. The average Bonchev–Trinajstić information content (AvgIpc) is 2.59. The smallest absolute Gasteiger partial charge is 0.341 e. The zero-order chi connectivity index (χ0) is 18.2. The Morgan fingerprint density at radius 3 is 2.60 bits per heavy atom. The average molecular weight is 364 g/mol. The number of hydrogen-bond acceptors (Lipinski definition) is 4. The summed E-state index contributed by atoms with van der Waals surface area (Å²) in [5, 5.41) is 22.7. The first-order chi connectivity index (χ1) is 11.9. The Balaban J connectivity index is 1.79. The van der Waals surface area contributed by atoms with Gasteiger partial charge in [-0.3, -0.25) is 0 Å². The van der Waals surface area contributed by atoms with Crippen LogP contribution in [0.2, 0.25) is 5.02 Å². The molecule has 0 saturated heterocycles. The molecule has 0 bridgehead atoms. The summed E-state index contributed by atoms with van der Waals surface area (Å²) in [4.78, 5) is 10.5. The number of benzene rings is 2. The maximum absolute atomic E-state index is 10.5. The van der Waals surface area contributed by atoms with Crippen molar-refractivity contribution in [2.45, 2.75) is 25.5 Å². The fourth-order valence-corrected chi connectivity index (χ4v) is 2.64. The first-order valence-corrected chi connectivity index (χ1v) is 8.42. The van der Waals surface area contributed by atoms with Gasteiger partial charge in [-0.1, -0.05) is 35.9 Å². The van der Waals surface area contributed by atoms with Gasteiger partial charge in [-0.2, -0.15) is 0 Å². The Morgan fingerprint density at radius 2 is 1.96 bits per heavy atom. The molecule has 2 rings (SSSR count). The maximum Gasteiger partial charge on any atom is 0.341 e. The second-order valence-corrected chi connectivity index (χ2v) is 6.35. The molecule has 2 aromatic rings. The predicted molar refractivity (Wildman–Crippen MR) is 97.2 cm³/mol. The van der Waals surface area contributed by atoms with Crippen LogP contribution >= 0.6 is 11.6 Å². The first-order valence-electron chi connectivity index (χ1n) is 8.04. The number of aliphatic hydroxyl groups excluding tert-OH is 1. The SMILES string of the molecule is C[C@H](Cc1ccc(OCC(=O)O)cc1)NC[C@@H](O)c1cccc(Cl)c1. The molecule has 25 heavy (non-hydrogen) atoms. The molecule has 2 atom stereocenters. The van der Waals surface area contributed by atoms with E-state index in [0.29, 0.717) is 17.3 Å². The molecule has 0 spiro atoms. The standard InChI is InChI=1S/C19H22ClNO4/c1-13(21-11-18(22)15-3-2-4-16(20)10-15)9-14-5-7-17(8-6-14)25-12-19(23)24/h2-8,10,13,18,21-22H,9,11-12H2,1H3,(H,23,24)/t13-,18-/m1/s1. The van der Waals surface area contributed by atoms with Crippen LogP contribution in [0.1, 0.15) is 24.2 Å². The van der Waals surface area contributed by atoms with Crippen molar-refractivity contribution < 1.29 is 19.7 Å². The normalized spacial score (nSPS) is 13.2. The quantitative estimate of drug-likeness (QED) is 0.638. The molecule has 0 aromatic heterocycles. The van der Waals surface area contributed by atoms with Crippen molar-refractivity contribution in [2.24, 2.45) is 0 Å². The Kier molecular flexibility index (Phi) is 7.25. The van der Waals surface area contributed by atoms with E-state index in [1.54, 1.807) is 24.3 Å². The van der Waals surface area contributed by atoms with Crippen molar-refractivity contribution in [2.75, 3.05) is 13.2 Å². The molecular weight excluding hydrogens is 342 g/mol. The number of hydrogen-bond donors (Lipinski definition) is 3. The van der Waals surface area contributed by atoms with Crippen LogP contribution in [0.4, 0.5) is 0 Å². The van der Waals surface area contributed by atoms with Gasteiger partial charge in [0, 0.05) is 17.6 Å². The largest absolute Gasteiger partial charge is 0.482 e. The molecule has 0 saturated carbocycles. The van der Waals surface area contributed by atoms with Crippen molar-refractivity contribution in [3.05, 3.63) is 64.7 Å². The van der Waals surface area contributed by atoms with Crippen LogP contribution in [0.3, 0.4) is 0 Å². The molecule has 0 aliphatic carbocycles. The van der Waals surface area contributed by atoms with Crippen LogP contribution < -0.4 is 10.1 Å². The topological polar surface area (TPSA) is 78.8 Å². The van der Waals surface area contributed by atoms with E-state index in [0.717, 1.165) is 17.5 Å². The molecule has 6 heteroatoms. The summed E-state index contributed by atoms with van der Waals surface area (Å²) in [5.74, 6) is -0.469. The van der Waals surface area contributed by atoms with Crippen molar-refractivity contribution in [3.8, 4) is 5.75 Å². The predicted octanol–water partition coefficient (Wildman–Crippen LogP) is 3.06. The van der Waals surface area contributed by atoms with E-state index in [1.165, 1.54) is 0 Å². The second-order valence-electron chi connectivity index (χ2n) is 5.91. The van der Waals surface area contributed by atoms with Crippen LogP contribution in [-0.2, 0) is 11.2 Å². The minimum atomic E-state index is -1.000. The molecule has 0 aliphatic rings. The Morgan fingerprint density at radius 1 is 1.24 bits per heavy atom. The number of ether oxygens (including phenoxy) is 1. The molecular formula is C19H22ClNO4. The van der Waals surface area contributed by atoms with E-state index >= 15 is 0 Å². The number of aliphatic carboxylic acids is 1. The van der Waals surface area contributed by atoms with Gasteiger partial charge in [-0.15, -0.1) is 0 Å². The second kappa shape index (κ2) is 9.42. The highest BCUT2D eigenvalue weighted by molar-refractivity contribution is 6.30. The summed E-state index contributed by atoms with van der Waals surface area (Å²) in [6.07, 6.45) is 0.162. The lowest BCUT2D eigenvalue weighted by Crippen LogP contribution is -2.32. The third kappa shape index (κ3) is 6.74. The highest BCUT2D eigenvalue weighted by atomic mass is 35.5. The number of carboxylic acid groups (broad SMARTS) is 1. The third-order valence-electron chi connectivity index (χ3n) is 3.72. The summed E-state index contributed by atoms with van der Waals surface area (Å²) >= 11 is 5.94. The van der Waals surface area contributed by atoms with E-state index in [9.17, 15) is 9.90 Å². The summed E-state index contributed by atoms with van der Waals surface area (Å²) in [7, 11) is 0. The molecule has 2 aromatic carbocycles. The van der Waals surface area contributed by atoms with Gasteiger partial charge in [0.2, 0.25) is 0 Å². The minimum absolute atomic E-state index is 0.166. The highest BCUT2D eigenvalue weighted by Crippen LogP contribution is 2.18. The van der Waals surface area contributed by atoms with E-state index in [-0.39, 0.29) is 12.6 Å². The van der Waals surface area contributed by atoms with Gasteiger partial charge >= 0.3 is 5.97 Å². The third-order valence-corrected chi connectivity index (χ3v) is 3.96. The summed E-state index contributed by atoms with van der Waals surface area (Å²) in [5.41, 5.74) is 1.88. The highest BCUT2D eigenvalue weighted by Gasteiger charge is 2.10. The number of carbonyl (C=O) groups is 1. The van der Waals surface area contributed by atoms with Gasteiger partial charge in [0.15, 0.2) is 6.61 Å². The number of nitrogens with one attached hydrogen (secondary N) is 1. The zero-order valence-electron chi connectivity index (χ0n) is 14.0. The fourth-order valence-electron chi connectivity index (χ4n) is 2.44. The lowest BCUT2D eigenvalue weighted by Gasteiger charge is -2.18. The lowest BCUT2D eigenvalue weighted by molar-refractivity contribution is -0.139. The van der Waals surface area contributed by atoms with Crippen LogP contribution in [0.15, 0.2) is 48.5 Å². The van der Waals surface area contributed by atoms with Gasteiger partial charge in [0.1, 0.15) is 5.75 Å². The maximum atomic E-state index is 10.5. The van der Waals surface area contributed by atoms with Gasteiger partial charge in [0.25, 0.3) is 0 Å². The molecule has 0 amide bonds. The molecule has 0 heterocycles. The van der Waals surface area contributed by atoms with Crippen molar-refractivity contribution in [3.63, 3.8) is 0 Å². The summed E-state index contributed by atoms with van der Waals surface area (Å²) in [6.45, 7) is 2.12. The van der Waals surface area contributed by atoms with E-state index in [2.05, 4.69) is 5.32 Å². The molecule has 0 radical (unpaired) electrons. The molecule has 134 valence electrons. The number of halogens is 1. The first kappa shape index (κ1) is 19.2. The van der Waals surface area contributed by atoms with Gasteiger partial charge in [0.05, 0.1) is 6.10 Å².